The first-order valence-electron chi connectivity index (χ1n) is 11.2. The molecule has 6 nitrogen and oxygen atoms in total. The number of likely N-dealkylation sites (tertiary alicyclic amines) is 1. The zero-order valence-corrected chi connectivity index (χ0v) is 20.1. The second-order valence-corrected chi connectivity index (χ2v) is 11.2. The molecule has 1 fully saturated rings. The molecule has 3 aromatic rings. The Morgan fingerprint density at radius 2 is 1.64 bits per heavy atom. The van der Waals surface area contributed by atoms with Gasteiger partial charge in [0.1, 0.15) is 4.21 Å². The number of amides is 1. The SMILES string of the molecule is O=C(NCc1cccc(CN2CCCCCC2)c1)c1ccc(NS(=O)(=O)c2cccs2)cc1. The zero-order chi connectivity index (χ0) is 23.1. The smallest absolute Gasteiger partial charge is 0.271 e. The predicted molar refractivity (Wildman–Crippen MR) is 133 cm³/mol. The average molecular weight is 484 g/mol. The van der Waals surface area contributed by atoms with E-state index in [4.69, 9.17) is 0 Å². The molecule has 1 aliphatic heterocycles. The Bertz CT molecular complexity index is 1150. The summed E-state index contributed by atoms with van der Waals surface area (Å²) in [5.41, 5.74) is 3.23. The van der Waals surface area contributed by atoms with Gasteiger partial charge < -0.3 is 5.32 Å². The van der Waals surface area contributed by atoms with Crippen LogP contribution in [0.15, 0.2) is 70.3 Å². The highest BCUT2D eigenvalue weighted by Gasteiger charge is 2.15. The fourth-order valence-electron chi connectivity index (χ4n) is 3.99. The van der Waals surface area contributed by atoms with E-state index in [0.717, 1.165) is 36.5 Å². The van der Waals surface area contributed by atoms with Crippen LogP contribution in [-0.4, -0.2) is 32.3 Å². The van der Waals surface area contributed by atoms with Crippen LogP contribution in [-0.2, 0) is 23.1 Å². The molecule has 0 spiro atoms. The molecule has 0 atom stereocenters. The molecule has 0 aliphatic carbocycles. The van der Waals surface area contributed by atoms with Crippen molar-refractivity contribution in [3.63, 3.8) is 0 Å². The number of rotatable bonds is 8. The molecule has 0 saturated carbocycles. The molecule has 0 bridgehead atoms. The molecule has 2 heterocycles. The van der Waals surface area contributed by atoms with Gasteiger partial charge >= 0.3 is 0 Å². The highest BCUT2D eigenvalue weighted by atomic mass is 32.2. The van der Waals surface area contributed by atoms with Crippen LogP contribution < -0.4 is 10.0 Å². The Balaban J connectivity index is 1.31. The third kappa shape index (κ3) is 6.66. The summed E-state index contributed by atoms with van der Waals surface area (Å²) in [6.45, 7) is 3.70. The van der Waals surface area contributed by atoms with E-state index < -0.39 is 10.0 Å². The Kier molecular flexibility index (Phi) is 7.80. The molecule has 1 aliphatic rings. The number of anilines is 1. The van der Waals surface area contributed by atoms with Gasteiger partial charge in [-0.3, -0.25) is 14.4 Å². The minimum atomic E-state index is -3.60. The second-order valence-electron chi connectivity index (χ2n) is 8.31. The van der Waals surface area contributed by atoms with Gasteiger partial charge in [0.2, 0.25) is 0 Å². The number of hydrogen-bond donors (Lipinski definition) is 2. The maximum Gasteiger partial charge on any atom is 0.271 e. The van der Waals surface area contributed by atoms with Crippen LogP contribution in [0.2, 0.25) is 0 Å². The maximum atomic E-state index is 12.6. The van der Waals surface area contributed by atoms with Gasteiger partial charge in [0.05, 0.1) is 0 Å². The van der Waals surface area contributed by atoms with Crippen molar-refractivity contribution < 1.29 is 13.2 Å². The normalized spacial score (nSPS) is 15.0. The van der Waals surface area contributed by atoms with Crippen molar-refractivity contribution in [2.45, 2.75) is 43.0 Å². The van der Waals surface area contributed by atoms with E-state index >= 15 is 0 Å². The van der Waals surface area contributed by atoms with Gasteiger partial charge in [-0.2, -0.15) is 0 Å². The minimum absolute atomic E-state index is 0.194. The lowest BCUT2D eigenvalue weighted by Crippen LogP contribution is -2.24. The summed E-state index contributed by atoms with van der Waals surface area (Å²) < 4.78 is 27.4. The van der Waals surface area contributed by atoms with Crippen LogP contribution >= 0.6 is 11.3 Å². The molecule has 1 amide bonds. The minimum Gasteiger partial charge on any atom is -0.348 e. The van der Waals surface area contributed by atoms with Crippen molar-refractivity contribution in [3.05, 3.63) is 82.7 Å². The first-order chi connectivity index (χ1) is 16.0. The Morgan fingerprint density at radius 3 is 2.33 bits per heavy atom. The van der Waals surface area contributed by atoms with Crippen LogP contribution in [0, 0.1) is 0 Å². The van der Waals surface area contributed by atoms with Crippen LogP contribution in [0.25, 0.3) is 0 Å². The van der Waals surface area contributed by atoms with E-state index in [1.807, 2.05) is 12.1 Å². The van der Waals surface area contributed by atoms with E-state index in [0.29, 0.717) is 17.8 Å². The lowest BCUT2D eigenvalue weighted by Gasteiger charge is -2.20. The summed E-state index contributed by atoms with van der Waals surface area (Å²) in [6.07, 6.45) is 5.18. The van der Waals surface area contributed by atoms with Gasteiger partial charge in [0.15, 0.2) is 0 Å². The standard InChI is InChI=1S/C25H29N3O3S2/c29-25(22-10-12-23(13-11-22)27-33(30,31)24-9-6-16-32-24)26-18-20-7-5-8-21(17-20)19-28-14-3-1-2-4-15-28/h5-13,16-17,27H,1-4,14-15,18-19H2,(H,26,29). The summed E-state index contributed by atoms with van der Waals surface area (Å²) in [6, 6.07) is 18.1. The average Bonchev–Trinajstić information content (AvgIpc) is 3.25. The monoisotopic (exact) mass is 483 g/mol. The molecule has 1 saturated heterocycles. The summed E-state index contributed by atoms with van der Waals surface area (Å²) in [7, 11) is -3.60. The van der Waals surface area contributed by atoms with E-state index in [1.54, 1.807) is 41.8 Å². The van der Waals surface area contributed by atoms with Gasteiger partial charge in [0.25, 0.3) is 15.9 Å². The van der Waals surface area contributed by atoms with Crippen LogP contribution in [0.4, 0.5) is 5.69 Å². The van der Waals surface area contributed by atoms with Crippen molar-refractivity contribution >= 4 is 33.0 Å². The highest BCUT2D eigenvalue weighted by molar-refractivity contribution is 7.94. The molecular formula is C25H29N3O3S2. The molecular weight excluding hydrogens is 454 g/mol. The van der Waals surface area contributed by atoms with Gasteiger partial charge in [-0.1, -0.05) is 43.2 Å². The topological polar surface area (TPSA) is 78.5 Å². The Hall–Kier alpha value is -2.68. The lowest BCUT2D eigenvalue weighted by atomic mass is 10.1. The Labute approximate surface area is 199 Å². The number of hydrogen-bond acceptors (Lipinski definition) is 5. The summed E-state index contributed by atoms with van der Waals surface area (Å²) in [5, 5.41) is 4.67. The number of sulfonamides is 1. The van der Waals surface area contributed by atoms with Crippen molar-refractivity contribution in [3.8, 4) is 0 Å². The van der Waals surface area contributed by atoms with Crippen LogP contribution in [0.3, 0.4) is 0 Å². The van der Waals surface area contributed by atoms with Crippen molar-refractivity contribution in [2.24, 2.45) is 0 Å². The molecule has 0 unspecified atom stereocenters. The fraction of sp³-hybridized carbons (Fsp3) is 0.320. The molecule has 0 radical (unpaired) electrons. The fourth-order valence-corrected chi connectivity index (χ4v) is 6.04. The first-order valence-corrected chi connectivity index (χ1v) is 13.6. The quantitative estimate of drug-likeness (QED) is 0.480. The summed E-state index contributed by atoms with van der Waals surface area (Å²) in [4.78, 5) is 15.1. The number of carbonyl (C=O) groups is 1. The van der Waals surface area contributed by atoms with Gasteiger partial charge in [-0.05, 0) is 72.8 Å². The third-order valence-corrected chi connectivity index (χ3v) is 8.49. The Morgan fingerprint density at radius 1 is 0.909 bits per heavy atom. The van der Waals surface area contributed by atoms with E-state index in [9.17, 15) is 13.2 Å². The van der Waals surface area contributed by atoms with Gasteiger partial charge in [0, 0.05) is 24.3 Å². The number of carbonyl (C=O) groups excluding carboxylic acids is 1. The van der Waals surface area contributed by atoms with E-state index in [2.05, 4.69) is 27.1 Å². The summed E-state index contributed by atoms with van der Waals surface area (Å²) in [5.74, 6) is -0.194. The molecule has 174 valence electrons. The van der Waals surface area contributed by atoms with Crippen LogP contribution in [0.5, 0.6) is 0 Å². The number of benzene rings is 2. The number of thiophene rings is 1. The maximum absolute atomic E-state index is 12.6. The van der Waals surface area contributed by atoms with Crippen molar-refractivity contribution in [1.82, 2.24) is 10.2 Å². The summed E-state index contributed by atoms with van der Waals surface area (Å²) >= 11 is 1.16. The van der Waals surface area contributed by atoms with Gasteiger partial charge in [-0.25, -0.2) is 8.42 Å². The third-order valence-electron chi connectivity index (χ3n) is 5.71. The van der Waals surface area contributed by atoms with E-state index in [1.165, 1.54) is 31.2 Å². The molecule has 2 aromatic carbocycles. The predicted octanol–water partition coefficient (Wildman–Crippen LogP) is 4.85. The largest absolute Gasteiger partial charge is 0.348 e. The molecule has 4 rings (SSSR count). The number of nitrogens with zero attached hydrogens (tertiary/aromatic N) is 1. The molecule has 2 N–H and O–H groups in total. The zero-order valence-electron chi connectivity index (χ0n) is 18.5. The van der Waals surface area contributed by atoms with Crippen LogP contribution in [0.1, 0.15) is 47.2 Å². The molecule has 8 heteroatoms. The van der Waals surface area contributed by atoms with E-state index in [-0.39, 0.29) is 10.1 Å². The van der Waals surface area contributed by atoms with Crippen molar-refractivity contribution in [2.75, 3.05) is 17.8 Å². The lowest BCUT2D eigenvalue weighted by molar-refractivity contribution is 0.0951. The highest BCUT2D eigenvalue weighted by Crippen LogP contribution is 2.20. The second kappa shape index (κ2) is 11.0. The van der Waals surface area contributed by atoms with Gasteiger partial charge in [-0.15, -0.1) is 11.3 Å². The number of nitrogens with one attached hydrogen (secondary N) is 2. The first kappa shape index (κ1) is 23.5. The van der Waals surface area contributed by atoms with Crippen molar-refractivity contribution in [1.29, 1.82) is 0 Å². The molecule has 1 aromatic heterocycles. The molecule has 33 heavy (non-hydrogen) atoms.